The summed E-state index contributed by atoms with van der Waals surface area (Å²) in [7, 11) is -3.47. The van der Waals surface area contributed by atoms with Gasteiger partial charge in [0.25, 0.3) is 5.91 Å². The first-order valence-corrected chi connectivity index (χ1v) is 9.70. The second-order valence-electron chi connectivity index (χ2n) is 5.95. The van der Waals surface area contributed by atoms with Crippen LogP contribution in [0.2, 0.25) is 0 Å². The van der Waals surface area contributed by atoms with E-state index in [-0.39, 0.29) is 34.5 Å². The fourth-order valence-corrected chi connectivity index (χ4v) is 3.69. The number of carbonyl (C=O) groups excluding carboxylic acids is 2. The lowest BCUT2D eigenvalue weighted by Gasteiger charge is -2.16. The number of hydrogen-bond acceptors (Lipinski definition) is 5. The van der Waals surface area contributed by atoms with Crippen molar-refractivity contribution in [1.82, 2.24) is 4.90 Å². The molecule has 0 saturated heterocycles. The Balaban J connectivity index is 1.73. The Hall–Kier alpha value is -2.87. The van der Waals surface area contributed by atoms with Gasteiger partial charge in [0.2, 0.25) is 5.91 Å². The number of nitrogens with zero attached hydrogens (tertiary/aromatic N) is 1. The summed E-state index contributed by atoms with van der Waals surface area (Å²) in [6, 6.07) is 10.8. The largest absolute Gasteiger partial charge is 0.506 e. The van der Waals surface area contributed by atoms with E-state index in [0.29, 0.717) is 12.1 Å². The van der Waals surface area contributed by atoms with Crippen LogP contribution in [-0.2, 0) is 21.2 Å². The maximum atomic E-state index is 12.3. The summed E-state index contributed by atoms with van der Waals surface area (Å²) >= 11 is 0. The van der Waals surface area contributed by atoms with Gasteiger partial charge in [0.1, 0.15) is 12.3 Å². The fourth-order valence-electron chi connectivity index (χ4n) is 2.78. The topological polar surface area (TPSA) is 104 Å². The van der Waals surface area contributed by atoms with Gasteiger partial charge in [-0.05, 0) is 29.8 Å². The summed E-state index contributed by atoms with van der Waals surface area (Å²) in [5, 5.41) is 12.4. The SMILES string of the molecule is CCS(=O)(=O)c1ccc(O)c(NC(=O)CN2Cc3ccccc3C2=O)c1. The molecular formula is C18H18N2O5S. The molecule has 3 rings (SSSR count). The van der Waals surface area contributed by atoms with Gasteiger partial charge in [-0.15, -0.1) is 0 Å². The van der Waals surface area contributed by atoms with Crippen molar-refractivity contribution in [2.75, 3.05) is 17.6 Å². The molecule has 0 radical (unpaired) electrons. The number of phenols is 1. The van der Waals surface area contributed by atoms with Crippen LogP contribution in [0.15, 0.2) is 47.4 Å². The van der Waals surface area contributed by atoms with Gasteiger partial charge in [-0.2, -0.15) is 0 Å². The predicted molar refractivity (Wildman–Crippen MR) is 95.6 cm³/mol. The molecule has 1 aliphatic heterocycles. The summed E-state index contributed by atoms with van der Waals surface area (Å²) in [6.07, 6.45) is 0. The molecule has 2 N–H and O–H groups in total. The fraction of sp³-hybridized carbons (Fsp3) is 0.222. The van der Waals surface area contributed by atoms with Crippen LogP contribution in [0.4, 0.5) is 5.69 Å². The molecule has 0 aromatic heterocycles. The molecule has 7 nitrogen and oxygen atoms in total. The highest BCUT2D eigenvalue weighted by Crippen LogP contribution is 2.27. The predicted octanol–water partition coefficient (Wildman–Crippen LogP) is 1.78. The Kier molecular flexibility index (Phi) is 4.69. The van der Waals surface area contributed by atoms with Gasteiger partial charge in [0, 0.05) is 12.1 Å². The smallest absolute Gasteiger partial charge is 0.254 e. The Morgan fingerprint density at radius 2 is 1.96 bits per heavy atom. The molecule has 0 fully saturated rings. The van der Waals surface area contributed by atoms with E-state index < -0.39 is 15.7 Å². The Morgan fingerprint density at radius 3 is 2.65 bits per heavy atom. The van der Waals surface area contributed by atoms with E-state index in [2.05, 4.69) is 5.32 Å². The molecule has 26 heavy (non-hydrogen) atoms. The molecule has 0 saturated carbocycles. The molecule has 2 aromatic rings. The van der Waals surface area contributed by atoms with Crippen molar-refractivity contribution in [3.05, 3.63) is 53.6 Å². The third-order valence-corrected chi connectivity index (χ3v) is 5.94. The van der Waals surface area contributed by atoms with Crippen LogP contribution in [0.25, 0.3) is 0 Å². The van der Waals surface area contributed by atoms with Crippen LogP contribution in [-0.4, -0.2) is 42.5 Å². The first-order chi connectivity index (χ1) is 12.3. The lowest BCUT2D eigenvalue weighted by molar-refractivity contribution is -0.116. The number of amides is 2. The van der Waals surface area contributed by atoms with E-state index >= 15 is 0 Å². The van der Waals surface area contributed by atoms with Gasteiger partial charge in [-0.1, -0.05) is 25.1 Å². The van der Waals surface area contributed by atoms with Gasteiger partial charge >= 0.3 is 0 Å². The van der Waals surface area contributed by atoms with Gasteiger partial charge in [0.05, 0.1) is 16.3 Å². The van der Waals surface area contributed by atoms with Crippen LogP contribution in [0.5, 0.6) is 5.75 Å². The molecule has 8 heteroatoms. The van der Waals surface area contributed by atoms with Crippen LogP contribution >= 0.6 is 0 Å². The second kappa shape index (κ2) is 6.80. The maximum Gasteiger partial charge on any atom is 0.254 e. The molecule has 0 unspecified atom stereocenters. The minimum Gasteiger partial charge on any atom is -0.506 e. The molecule has 0 aliphatic carbocycles. The molecule has 1 heterocycles. The zero-order chi connectivity index (χ0) is 18.9. The third kappa shape index (κ3) is 3.41. The molecule has 0 spiro atoms. The van der Waals surface area contributed by atoms with E-state index in [1.165, 1.54) is 30.0 Å². The average Bonchev–Trinajstić information content (AvgIpc) is 2.93. The summed E-state index contributed by atoms with van der Waals surface area (Å²) in [5.74, 6) is -1.09. The number of rotatable bonds is 5. The molecule has 2 aromatic carbocycles. The zero-order valence-corrected chi connectivity index (χ0v) is 14.9. The van der Waals surface area contributed by atoms with E-state index in [1.54, 1.807) is 12.1 Å². The van der Waals surface area contributed by atoms with Crippen LogP contribution < -0.4 is 5.32 Å². The summed E-state index contributed by atoms with van der Waals surface area (Å²) < 4.78 is 23.9. The van der Waals surface area contributed by atoms with E-state index in [9.17, 15) is 23.1 Å². The molecule has 0 bridgehead atoms. The summed E-state index contributed by atoms with van der Waals surface area (Å²) in [4.78, 5) is 26.0. The van der Waals surface area contributed by atoms with Gasteiger partial charge in [-0.3, -0.25) is 9.59 Å². The van der Waals surface area contributed by atoms with Crippen LogP contribution in [0, 0.1) is 0 Å². The van der Waals surface area contributed by atoms with Crippen molar-refractivity contribution in [3.63, 3.8) is 0 Å². The molecule has 1 aliphatic rings. The first-order valence-electron chi connectivity index (χ1n) is 8.04. The lowest BCUT2D eigenvalue weighted by Crippen LogP contribution is -2.33. The van der Waals surface area contributed by atoms with Gasteiger partial charge in [0.15, 0.2) is 9.84 Å². The number of aromatic hydroxyl groups is 1. The quantitative estimate of drug-likeness (QED) is 0.777. The average molecular weight is 374 g/mol. The number of sulfone groups is 1. The summed E-state index contributed by atoms with van der Waals surface area (Å²) in [5.41, 5.74) is 1.41. The zero-order valence-electron chi connectivity index (χ0n) is 14.1. The van der Waals surface area contributed by atoms with Crippen molar-refractivity contribution in [3.8, 4) is 5.75 Å². The Bertz CT molecular complexity index is 985. The van der Waals surface area contributed by atoms with Crippen molar-refractivity contribution in [2.45, 2.75) is 18.4 Å². The van der Waals surface area contributed by atoms with Crippen molar-refractivity contribution in [2.24, 2.45) is 0 Å². The lowest BCUT2D eigenvalue weighted by atomic mass is 10.1. The Labute approximate surface area is 151 Å². The first kappa shape index (κ1) is 17.9. The van der Waals surface area contributed by atoms with Gasteiger partial charge < -0.3 is 15.3 Å². The Morgan fingerprint density at radius 1 is 1.23 bits per heavy atom. The minimum atomic E-state index is -3.47. The number of phenolic OH excluding ortho intramolecular Hbond substituents is 1. The molecule has 136 valence electrons. The standard InChI is InChI=1S/C18H18N2O5S/c1-2-26(24,25)13-7-8-16(21)15(9-13)19-17(22)11-20-10-12-5-3-4-6-14(12)18(20)23/h3-9,21H,2,10-11H2,1H3,(H,19,22). The minimum absolute atomic E-state index is 0.00585. The van der Waals surface area contributed by atoms with E-state index in [1.807, 2.05) is 12.1 Å². The van der Waals surface area contributed by atoms with Crippen molar-refractivity contribution < 1.29 is 23.1 Å². The van der Waals surface area contributed by atoms with Gasteiger partial charge in [-0.25, -0.2) is 8.42 Å². The third-order valence-electron chi connectivity index (χ3n) is 4.21. The van der Waals surface area contributed by atoms with Crippen molar-refractivity contribution in [1.29, 1.82) is 0 Å². The number of anilines is 1. The number of nitrogens with one attached hydrogen (secondary N) is 1. The monoisotopic (exact) mass is 374 g/mol. The maximum absolute atomic E-state index is 12.3. The number of fused-ring (bicyclic) bond motifs is 1. The van der Waals surface area contributed by atoms with E-state index in [4.69, 9.17) is 0 Å². The molecular weight excluding hydrogens is 356 g/mol. The van der Waals surface area contributed by atoms with Crippen molar-refractivity contribution >= 4 is 27.3 Å². The molecule has 2 amide bonds. The van der Waals surface area contributed by atoms with Crippen LogP contribution in [0.1, 0.15) is 22.8 Å². The highest BCUT2D eigenvalue weighted by Gasteiger charge is 2.28. The second-order valence-corrected chi connectivity index (χ2v) is 8.23. The van der Waals surface area contributed by atoms with E-state index in [0.717, 1.165) is 5.56 Å². The highest BCUT2D eigenvalue weighted by molar-refractivity contribution is 7.91. The van der Waals surface area contributed by atoms with Crippen LogP contribution in [0.3, 0.4) is 0 Å². The number of carbonyl (C=O) groups is 2. The highest BCUT2D eigenvalue weighted by atomic mass is 32.2. The molecule has 0 atom stereocenters. The summed E-state index contributed by atoms with van der Waals surface area (Å²) in [6.45, 7) is 1.65. The normalized spacial score (nSPS) is 13.6. The number of benzene rings is 2. The number of hydrogen-bond donors (Lipinski definition) is 2.